The van der Waals surface area contributed by atoms with Crippen LogP contribution in [0.5, 0.6) is 0 Å². The molecule has 4 amide bonds. The van der Waals surface area contributed by atoms with Gasteiger partial charge < -0.3 is 9.68 Å². The number of carbonyl (C=O) groups is 6. The predicted octanol–water partition coefficient (Wildman–Crippen LogP) is 5.30. The summed E-state index contributed by atoms with van der Waals surface area (Å²) >= 11 is 0. The molecule has 0 fully saturated rings. The van der Waals surface area contributed by atoms with Gasteiger partial charge in [0.2, 0.25) is 5.41 Å². The molecule has 10 nitrogen and oxygen atoms in total. The van der Waals surface area contributed by atoms with Crippen molar-refractivity contribution in [1.29, 1.82) is 0 Å². The smallest absolute Gasteiger partial charge is 0.330 e. The zero-order chi connectivity index (χ0) is 33.8. The molecule has 2 heterocycles. The standard InChI is InChI=1S/C29H24F6N2O8/c1-13(2)9-21(38)44-36-23(40)17-7-5-15(11-19(17)25(36)42)27(28(30,31)32,29(33,34)35)16-6-8-18-20(12-16)26(43)37(24(18)41)45-22(39)10-14(3)4/h5-8,11-14H,9-10H2,1-4H3. The summed E-state index contributed by atoms with van der Waals surface area (Å²) in [5.74, 6) is -8.13. The zero-order valence-electron chi connectivity index (χ0n) is 24.0. The molecular weight excluding hydrogens is 618 g/mol. The summed E-state index contributed by atoms with van der Waals surface area (Å²) in [5, 5.41) is -0.0896. The number of alkyl halides is 6. The Morgan fingerprint density at radius 3 is 1.20 bits per heavy atom. The molecule has 0 saturated heterocycles. The van der Waals surface area contributed by atoms with Gasteiger partial charge in [-0.2, -0.15) is 26.3 Å². The Morgan fingerprint density at radius 2 is 0.911 bits per heavy atom. The van der Waals surface area contributed by atoms with Crippen molar-refractivity contribution >= 4 is 35.6 Å². The number of halogens is 6. The summed E-state index contributed by atoms with van der Waals surface area (Å²) < 4.78 is 89.1. The van der Waals surface area contributed by atoms with E-state index in [1.807, 2.05) is 0 Å². The van der Waals surface area contributed by atoms with Crippen LogP contribution in [0.1, 0.15) is 93.1 Å². The Morgan fingerprint density at radius 1 is 0.600 bits per heavy atom. The lowest BCUT2D eigenvalue weighted by Gasteiger charge is -2.38. The SMILES string of the molecule is CC(C)CC(=O)ON1C(=O)c2ccc(C(c3ccc4c(c3)C(=O)N(OC(=O)CC(C)C)C4=O)(C(F)(F)F)C(F)(F)F)cc2C1=O. The fraction of sp³-hybridized carbons (Fsp3) is 0.379. The average Bonchev–Trinajstić information content (AvgIpc) is 3.26. The van der Waals surface area contributed by atoms with E-state index in [9.17, 15) is 55.1 Å². The van der Waals surface area contributed by atoms with Crippen molar-refractivity contribution < 1.29 is 64.8 Å². The highest BCUT2D eigenvalue weighted by molar-refractivity contribution is 6.22. The van der Waals surface area contributed by atoms with Crippen molar-refractivity contribution in [3.8, 4) is 0 Å². The molecule has 0 aromatic heterocycles. The van der Waals surface area contributed by atoms with Crippen molar-refractivity contribution in [2.75, 3.05) is 0 Å². The van der Waals surface area contributed by atoms with Crippen molar-refractivity contribution in [2.24, 2.45) is 11.8 Å². The lowest BCUT2D eigenvalue weighted by molar-refractivity contribution is -0.288. The second-order valence-electron chi connectivity index (χ2n) is 11.2. The van der Waals surface area contributed by atoms with Crippen LogP contribution in [0.3, 0.4) is 0 Å². The van der Waals surface area contributed by atoms with Gasteiger partial charge >= 0.3 is 24.3 Å². The van der Waals surface area contributed by atoms with Gasteiger partial charge in [0.1, 0.15) is 0 Å². The van der Waals surface area contributed by atoms with Gasteiger partial charge in [-0.3, -0.25) is 19.2 Å². The minimum Gasteiger partial charge on any atom is -0.330 e. The van der Waals surface area contributed by atoms with E-state index in [1.54, 1.807) is 27.7 Å². The Kier molecular flexibility index (Phi) is 8.33. The quantitative estimate of drug-likeness (QED) is 0.281. The van der Waals surface area contributed by atoms with Crippen LogP contribution in [0.25, 0.3) is 0 Å². The van der Waals surface area contributed by atoms with Gasteiger partial charge in [-0.1, -0.05) is 50.0 Å². The third-order valence-electron chi connectivity index (χ3n) is 6.95. The summed E-state index contributed by atoms with van der Waals surface area (Å²) in [6.07, 6.45) is -12.9. The molecule has 2 aliphatic heterocycles. The summed E-state index contributed by atoms with van der Waals surface area (Å²) in [6.45, 7) is 6.46. The van der Waals surface area contributed by atoms with Crippen molar-refractivity contribution in [3.63, 3.8) is 0 Å². The molecular formula is C29H24F6N2O8. The Balaban J connectivity index is 1.84. The molecule has 0 spiro atoms. The zero-order valence-corrected chi connectivity index (χ0v) is 24.0. The van der Waals surface area contributed by atoms with Crippen LogP contribution in [0.15, 0.2) is 36.4 Å². The van der Waals surface area contributed by atoms with Crippen LogP contribution >= 0.6 is 0 Å². The van der Waals surface area contributed by atoms with Crippen molar-refractivity contribution in [3.05, 3.63) is 69.8 Å². The topological polar surface area (TPSA) is 127 Å². The van der Waals surface area contributed by atoms with E-state index in [0.29, 0.717) is 24.3 Å². The Labute approximate surface area is 250 Å². The van der Waals surface area contributed by atoms with E-state index >= 15 is 0 Å². The molecule has 2 aromatic rings. The van der Waals surface area contributed by atoms with E-state index in [4.69, 9.17) is 9.68 Å². The van der Waals surface area contributed by atoms with Gasteiger partial charge in [-0.15, -0.1) is 0 Å². The number of imide groups is 2. The normalized spacial score (nSPS) is 15.3. The number of hydroxylamine groups is 4. The number of nitrogens with zero attached hydrogens (tertiary/aromatic N) is 2. The van der Waals surface area contributed by atoms with Crippen LogP contribution in [-0.4, -0.2) is 58.0 Å². The van der Waals surface area contributed by atoms with E-state index < -0.39 is 86.7 Å². The first-order valence-corrected chi connectivity index (χ1v) is 13.3. The lowest BCUT2D eigenvalue weighted by atomic mass is 9.71. The third kappa shape index (κ3) is 5.53. The summed E-state index contributed by atoms with van der Waals surface area (Å²) in [7, 11) is 0. The number of benzene rings is 2. The second-order valence-corrected chi connectivity index (χ2v) is 11.2. The molecule has 4 rings (SSSR count). The number of rotatable bonds is 8. The minimum absolute atomic E-state index is 0.0448. The van der Waals surface area contributed by atoms with E-state index in [2.05, 4.69) is 0 Å². The van der Waals surface area contributed by atoms with Crippen LogP contribution in [0, 0.1) is 11.8 Å². The molecule has 240 valence electrons. The van der Waals surface area contributed by atoms with Gasteiger partial charge in [-0.25, -0.2) is 9.59 Å². The molecule has 0 unspecified atom stereocenters. The fourth-order valence-electron chi connectivity index (χ4n) is 5.00. The van der Waals surface area contributed by atoms with E-state index in [1.165, 1.54) is 0 Å². The third-order valence-corrected chi connectivity index (χ3v) is 6.95. The molecule has 16 heteroatoms. The highest BCUT2D eigenvalue weighted by Gasteiger charge is 2.73. The number of hydrogen-bond donors (Lipinski definition) is 0. The number of carbonyl (C=O) groups excluding carboxylic acids is 6. The molecule has 0 atom stereocenters. The van der Waals surface area contributed by atoms with E-state index in [-0.39, 0.29) is 46.9 Å². The van der Waals surface area contributed by atoms with Gasteiger partial charge in [-0.05, 0) is 47.2 Å². The van der Waals surface area contributed by atoms with Crippen LogP contribution in [0.2, 0.25) is 0 Å². The molecule has 45 heavy (non-hydrogen) atoms. The first kappa shape index (κ1) is 33.1. The van der Waals surface area contributed by atoms with Crippen LogP contribution in [0.4, 0.5) is 26.3 Å². The predicted molar refractivity (Wildman–Crippen MR) is 138 cm³/mol. The van der Waals surface area contributed by atoms with E-state index in [0.717, 1.165) is 0 Å². The number of hydrogen-bond acceptors (Lipinski definition) is 8. The molecule has 0 radical (unpaired) electrons. The molecule has 2 aliphatic rings. The largest absolute Gasteiger partial charge is 0.411 e. The van der Waals surface area contributed by atoms with Crippen LogP contribution < -0.4 is 0 Å². The molecule has 0 bridgehead atoms. The Hall–Kier alpha value is -4.76. The van der Waals surface area contributed by atoms with Crippen LogP contribution in [-0.2, 0) is 24.7 Å². The molecule has 2 aromatic carbocycles. The summed E-state index contributed by atoms with van der Waals surface area (Å²) in [4.78, 5) is 84.8. The summed E-state index contributed by atoms with van der Waals surface area (Å²) in [6, 6.07) is 2.23. The highest BCUT2D eigenvalue weighted by atomic mass is 19.4. The van der Waals surface area contributed by atoms with Gasteiger partial charge in [0.25, 0.3) is 23.6 Å². The lowest BCUT2D eigenvalue weighted by Crippen LogP contribution is -2.55. The van der Waals surface area contributed by atoms with Gasteiger partial charge in [0.05, 0.1) is 35.1 Å². The minimum atomic E-state index is -6.18. The highest BCUT2D eigenvalue weighted by Crippen LogP contribution is 2.57. The van der Waals surface area contributed by atoms with Crippen molar-refractivity contribution in [2.45, 2.75) is 58.3 Å². The molecule has 0 N–H and O–H groups in total. The number of amides is 4. The molecule has 0 saturated carbocycles. The maximum absolute atomic E-state index is 14.9. The Bertz CT molecular complexity index is 1510. The second kappa shape index (κ2) is 11.3. The monoisotopic (exact) mass is 642 g/mol. The van der Waals surface area contributed by atoms with Gasteiger partial charge in [0.15, 0.2) is 0 Å². The maximum Gasteiger partial charge on any atom is 0.411 e. The van der Waals surface area contributed by atoms with Gasteiger partial charge in [0, 0.05) is 0 Å². The first-order valence-electron chi connectivity index (χ1n) is 13.3. The average molecular weight is 643 g/mol. The number of fused-ring (bicyclic) bond motifs is 2. The molecule has 0 aliphatic carbocycles. The summed E-state index contributed by atoms with van der Waals surface area (Å²) in [5.41, 5.74) is -11.1. The first-order chi connectivity index (χ1) is 20.7. The van der Waals surface area contributed by atoms with Crippen molar-refractivity contribution in [1.82, 2.24) is 10.1 Å². The maximum atomic E-state index is 14.9. The fourth-order valence-corrected chi connectivity index (χ4v) is 5.00.